The Balaban J connectivity index is 2.53. The number of aromatic nitrogens is 2. The van der Waals surface area contributed by atoms with E-state index < -0.39 is 0 Å². The van der Waals surface area contributed by atoms with Crippen LogP contribution in [0.2, 0.25) is 0 Å². The van der Waals surface area contributed by atoms with Crippen molar-refractivity contribution in [1.82, 2.24) is 9.55 Å². The Kier molecular flexibility index (Phi) is 1.22. The van der Waals surface area contributed by atoms with E-state index in [0.29, 0.717) is 0 Å². The number of aromatic amines is 1. The second kappa shape index (κ2) is 2.20. The molecule has 0 aliphatic rings. The summed E-state index contributed by atoms with van der Waals surface area (Å²) in [6.45, 7) is 0. The molecule has 3 nitrogen and oxygen atoms in total. The van der Waals surface area contributed by atoms with Crippen molar-refractivity contribution in [3.8, 4) is 5.82 Å². The molecule has 2 heterocycles. The Hall–Kier alpha value is -1.64. The predicted molar refractivity (Wildman–Crippen MR) is 44.5 cm³/mol. The Morgan fingerprint density at radius 1 is 1.27 bits per heavy atom. The molecule has 0 atom stereocenters. The molecule has 0 saturated heterocycles. The summed E-state index contributed by atoms with van der Waals surface area (Å²) < 4.78 is 1.94. The lowest BCUT2D eigenvalue weighted by Gasteiger charge is -1.99. The summed E-state index contributed by atoms with van der Waals surface area (Å²) in [4.78, 5) is 3.05. The molecule has 3 N–H and O–H groups in total. The summed E-state index contributed by atoms with van der Waals surface area (Å²) in [7, 11) is 0. The smallest absolute Gasteiger partial charge is 0.137 e. The van der Waals surface area contributed by atoms with Gasteiger partial charge in [-0.3, -0.25) is 0 Å². The van der Waals surface area contributed by atoms with E-state index in [0.717, 1.165) is 11.5 Å². The molecule has 0 aromatic carbocycles. The number of nitrogen functional groups attached to an aromatic ring is 1. The van der Waals surface area contributed by atoms with Crippen molar-refractivity contribution >= 4 is 5.69 Å². The number of hydrogen-bond acceptors (Lipinski definition) is 1. The highest BCUT2D eigenvalue weighted by Crippen LogP contribution is 2.13. The molecule has 0 aliphatic heterocycles. The maximum Gasteiger partial charge on any atom is 0.137 e. The van der Waals surface area contributed by atoms with Crippen molar-refractivity contribution in [2.24, 2.45) is 0 Å². The van der Waals surface area contributed by atoms with Crippen molar-refractivity contribution in [3.63, 3.8) is 0 Å². The van der Waals surface area contributed by atoms with Crippen LogP contribution in [0.15, 0.2) is 36.8 Å². The molecule has 2 rings (SSSR count). The van der Waals surface area contributed by atoms with Crippen LogP contribution < -0.4 is 5.73 Å². The van der Waals surface area contributed by atoms with Gasteiger partial charge in [0, 0.05) is 18.6 Å². The Morgan fingerprint density at radius 2 is 2.00 bits per heavy atom. The minimum absolute atomic E-state index is 0.765. The number of H-pyrrole nitrogens is 1. The molecule has 0 bridgehead atoms. The number of nitrogens with two attached hydrogens (primary N) is 1. The molecule has 0 aliphatic carbocycles. The summed E-state index contributed by atoms with van der Waals surface area (Å²) in [6, 6.07) is 5.76. The molecule has 0 saturated carbocycles. The van der Waals surface area contributed by atoms with E-state index in [4.69, 9.17) is 5.73 Å². The van der Waals surface area contributed by atoms with E-state index in [1.165, 1.54) is 0 Å². The minimum Gasteiger partial charge on any atom is -0.396 e. The second-order valence-corrected chi connectivity index (χ2v) is 2.37. The van der Waals surface area contributed by atoms with Gasteiger partial charge in [-0.1, -0.05) is 0 Å². The van der Waals surface area contributed by atoms with E-state index in [-0.39, 0.29) is 0 Å². The number of rotatable bonds is 1. The van der Waals surface area contributed by atoms with Crippen LogP contribution in [-0.2, 0) is 0 Å². The van der Waals surface area contributed by atoms with Gasteiger partial charge in [0.2, 0.25) is 0 Å². The van der Waals surface area contributed by atoms with Crippen LogP contribution in [0.5, 0.6) is 0 Å². The van der Waals surface area contributed by atoms with Gasteiger partial charge in [-0.15, -0.1) is 0 Å². The molecule has 0 amide bonds. The highest BCUT2D eigenvalue weighted by Gasteiger charge is 1.98. The fourth-order valence-corrected chi connectivity index (χ4v) is 1.08. The SMILES string of the molecule is Nc1cc[nH]c1-n1cccc1. The highest BCUT2D eigenvalue weighted by molar-refractivity contribution is 5.53. The maximum atomic E-state index is 5.68. The summed E-state index contributed by atoms with van der Waals surface area (Å²) >= 11 is 0. The summed E-state index contributed by atoms with van der Waals surface area (Å²) in [5.41, 5.74) is 6.44. The third-order valence-corrected chi connectivity index (χ3v) is 1.62. The molecule has 0 spiro atoms. The number of hydrogen-bond donors (Lipinski definition) is 2. The first-order valence-corrected chi connectivity index (χ1v) is 3.44. The largest absolute Gasteiger partial charge is 0.396 e. The topological polar surface area (TPSA) is 46.7 Å². The van der Waals surface area contributed by atoms with Gasteiger partial charge < -0.3 is 15.3 Å². The first-order chi connectivity index (χ1) is 5.38. The fourth-order valence-electron chi connectivity index (χ4n) is 1.08. The summed E-state index contributed by atoms with van der Waals surface area (Å²) in [5, 5.41) is 0. The third kappa shape index (κ3) is 0.902. The van der Waals surface area contributed by atoms with E-state index in [1.807, 2.05) is 41.4 Å². The fraction of sp³-hybridized carbons (Fsp3) is 0. The van der Waals surface area contributed by atoms with Gasteiger partial charge in [-0.2, -0.15) is 0 Å². The van der Waals surface area contributed by atoms with Gasteiger partial charge in [0.15, 0.2) is 0 Å². The second-order valence-electron chi connectivity index (χ2n) is 2.37. The Morgan fingerprint density at radius 3 is 2.55 bits per heavy atom. The van der Waals surface area contributed by atoms with Crippen LogP contribution in [0.1, 0.15) is 0 Å². The number of nitrogens with zero attached hydrogens (tertiary/aromatic N) is 1. The van der Waals surface area contributed by atoms with E-state index in [2.05, 4.69) is 4.98 Å². The van der Waals surface area contributed by atoms with Gasteiger partial charge in [-0.25, -0.2) is 0 Å². The summed E-state index contributed by atoms with van der Waals surface area (Å²) in [5.74, 6) is 0.926. The van der Waals surface area contributed by atoms with Gasteiger partial charge in [0.25, 0.3) is 0 Å². The van der Waals surface area contributed by atoms with E-state index in [9.17, 15) is 0 Å². The number of nitrogens with one attached hydrogen (secondary N) is 1. The van der Waals surface area contributed by atoms with Gasteiger partial charge >= 0.3 is 0 Å². The van der Waals surface area contributed by atoms with Crippen molar-refractivity contribution in [2.45, 2.75) is 0 Å². The van der Waals surface area contributed by atoms with Crippen LogP contribution in [-0.4, -0.2) is 9.55 Å². The van der Waals surface area contributed by atoms with Crippen molar-refractivity contribution in [3.05, 3.63) is 36.8 Å². The van der Waals surface area contributed by atoms with Crippen LogP contribution in [0, 0.1) is 0 Å². The van der Waals surface area contributed by atoms with Gasteiger partial charge in [0.1, 0.15) is 5.82 Å². The van der Waals surface area contributed by atoms with Crippen LogP contribution in [0.4, 0.5) is 5.69 Å². The molecule has 56 valence electrons. The average molecular weight is 147 g/mol. The Labute approximate surface area is 64.5 Å². The average Bonchev–Trinajstić information content (AvgIpc) is 2.55. The van der Waals surface area contributed by atoms with Crippen LogP contribution >= 0.6 is 0 Å². The zero-order chi connectivity index (χ0) is 7.68. The normalized spacial score (nSPS) is 10.2. The molecule has 2 aromatic rings. The van der Waals surface area contributed by atoms with Crippen molar-refractivity contribution in [2.75, 3.05) is 5.73 Å². The van der Waals surface area contributed by atoms with Gasteiger partial charge in [-0.05, 0) is 18.2 Å². The lowest BCUT2D eigenvalue weighted by atomic mass is 10.5. The van der Waals surface area contributed by atoms with E-state index >= 15 is 0 Å². The zero-order valence-corrected chi connectivity index (χ0v) is 5.99. The predicted octanol–water partition coefficient (Wildman–Crippen LogP) is 1.39. The zero-order valence-electron chi connectivity index (χ0n) is 5.99. The highest BCUT2D eigenvalue weighted by atomic mass is 15.1. The molecule has 2 aromatic heterocycles. The van der Waals surface area contributed by atoms with Crippen LogP contribution in [0.3, 0.4) is 0 Å². The lowest BCUT2D eigenvalue weighted by molar-refractivity contribution is 1.03. The summed E-state index contributed by atoms with van der Waals surface area (Å²) in [6.07, 6.45) is 5.72. The molecular weight excluding hydrogens is 138 g/mol. The van der Waals surface area contributed by atoms with Crippen molar-refractivity contribution in [1.29, 1.82) is 0 Å². The standard InChI is InChI=1S/C8H9N3/c9-7-3-4-10-8(7)11-5-1-2-6-11/h1-6,10H,9H2. The lowest BCUT2D eigenvalue weighted by Crippen LogP contribution is -1.94. The van der Waals surface area contributed by atoms with Crippen LogP contribution in [0.25, 0.3) is 5.82 Å². The molecule has 3 heteroatoms. The minimum atomic E-state index is 0.765. The Bertz CT molecular complexity index is 332. The first kappa shape index (κ1) is 6.09. The quantitative estimate of drug-likeness (QED) is 0.629. The maximum absolute atomic E-state index is 5.68. The number of anilines is 1. The molecule has 0 radical (unpaired) electrons. The first-order valence-electron chi connectivity index (χ1n) is 3.44. The molecule has 0 fully saturated rings. The molecular formula is C8H9N3. The molecule has 11 heavy (non-hydrogen) atoms. The monoisotopic (exact) mass is 147 g/mol. The van der Waals surface area contributed by atoms with Crippen molar-refractivity contribution < 1.29 is 0 Å². The van der Waals surface area contributed by atoms with Gasteiger partial charge in [0.05, 0.1) is 5.69 Å². The molecule has 0 unspecified atom stereocenters. The van der Waals surface area contributed by atoms with E-state index in [1.54, 1.807) is 0 Å². The third-order valence-electron chi connectivity index (χ3n) is 1.62.